The fraction of sp³-hybridized carbons (Fsp3) is 0.650. The molecule has 1 aromatic rings. The number of hydrogen-bond acceptors (Lipinski definition) is 4. The van der Waals surface area contributed by atoms with E-state index in [9.17, 15) is 9.90 Å². The van der Waals surface area contributed by atoms with E-state index in [-0.39, 0.29) is 5.41 Å². The summed E-state index contributed by atoms with van der Waals surface area (Å²) in [6.07, 6.45) is 5.74. The summed E-state index contributed by atoms with van der Waals surface area (Å²) in [7, 11) is 1.68. The van der Waals surface area contributed by atoms with Gasteiger partial charge in [-0.3, -0.25) is 4.79 Å². The van der Waals surface area contributed by atoms with E-state index in [4.69, 9.17) is 10.5 Å². The molecule has 0 bridgehead atoms. The molecule has 1 aliphatic heterocycles. The number of likely N-dealkylation sites (tertiary alicyclic amines) is 1. The first-order valence-electron chi connectivity index (χ1n) is 9.30. The van der Waals surface area contributed by atoms with Gasteiger partial charge in [0.15, 0.2) is 0 Å². The van der Waals surface area contributed by atoms with Crippen molar-refractivity contribution in [1.29, 1.82) is 0 Å². The third kappa shape index (κ3) is 3.82. The maximum absolute atomic E-state index is 11.6. The number of piperidine rings is 1. The Labute approximate surface area is 150 Å². The fourth-order valence-electron chi connectivity index (χ4n) is 4.29. The molecule has 1 heterocycles. The van der Waals surface area contributed by atoms with Crippen LogP contribution in [0.4, 0.5) is 0 Å². The van der Waals surface area contributed by atoms with Crippen LogP contribution in [-0.4, -0.2) is 49.3 Å². The number of nitrogens with zero attached hydrogens (tertiary/aromatic N) is 1. The average molecular weight is 346 g/mol. The van der Waals surface area contributed by atoms with E-state index in [1.165, 1.54) is 5.56 Å². The van der Waals surface area contributed by atoms with E-state index in [0.717, 1.165) is 57.4 Å². The average Bonchev–Trinajstić information content (AvgIpc) is 2.60. The number of benzene rings is 1. The van der Waals surface area contributed by atoms with Crippen LogP contribution in [0.25, 0.3) is 0 Å². The predicted octanol–water partition coefficient (Wildman–Crippen LogP) is 2.53. The zero-order valence-electron chi connectivity index (χ0n) is 15.2. The summed E-state index contributed by atoms with van der Waals surface area (Å²) >= 11 is 0. The second kappa shape index (κ2) is 7.34. The van der Waals surface area contributed by atoms with Crippen LogP contribution >= 0.6 is 0 Å². The van der Waals surface area contributed by atoms with Crippen molar-refractivity contribution >= 4 is 5.97 Å². The lowest BCUT2D eigenvalue weighted by molar-refractivity contribution is -0.156. The molecular formula is C20H30N2O3. The highest BCUT2D eigenvalue weighted by atomic mass is 16.5. The molecule has 0 atom stereocenters. The van der Waals surface area contributed by atoms with Gasteiger partial charge in [-0.1, -0.05) is 18.6 Å². The highest BCUT2D eigenvalue weighted by Crippen LogP contribution is 2.43. The SMILES string of the molecule is COc1ccc(CC2(CN)CCN(CC3(C(=O)O)CCC3)CC2)cc1. The second-order valence-electron chi connectivity index (χ2n) is 7.94. The first kappa shape index (κ1) is 18.2. The quantitative estimate of drug-likeness (QED) is 0.793. The third-order valence-corrected chi connectivity index (χ3v) is 6.38. The Morgan fingerprint density at radius 1 is 1.20 bits per heavy atom. The molecule has 3 rings (SSSR count). The van der Waals surface area contributed by atoms with Gasteiger partial charge in [0.1, 0.15) is 5.75 Å². The Morgan fingerprint density at radius 2 is 1.84 bits per heavy atom. The molecule has 2 aliphatic rings. The standard InChI is InChI=1S/C20H30N2O3/c1-25-17-5-3-16(4-6-17)13-19(14-21)9-11-22(12-10-19)15-20(18(23)24)7-2-8-20/h3-6H,2,7-15,21H2,1H3,(H,23,24). The number of aliphatic carboxylic acids is 1. The highest BCUT2D eigenvalue weighted by Gasteiger charge is 2.46. The minimum Gasteiger partial charge on any atom is -0.497 e. The zero-order chi connectivity index (χ0) is 17.9. The summed E-state index contributed by atoms with van der Waals surface area (Å²) in [5, 5.41) is 9.54. The van der Waals surface area contributed by atoms with Crippen molar-refractivity contribution in [3.8, 4) is 5.75 Å². The van der Waals surface area contributed by atoms with E-state index >= 15 is 0 Å². The lowest BCUT2D eigenvalue weighted by Gasteiger charge is -2.46. The molecule has 0 aromatic heterocycles. The molecule has 1 saturated heterocycles. The van der Waals surface area contributed by atoms with Gasteiger partial charge in [0, 0.05) is 6.54 Å². The van der Waals surface area contributed by atoms with Crippen LogP contribution in [0.1, 0.15) is 37.7 Å². The Bertz CT molecular complexity index is 587. The number of methoxy groups -OCH3 is 1. The molecule has 3 N–H and O–H groups in total. The van der Waals surface area contributed by atoms with E-state index in [1.54, 1.807) is 7.11 Å². The van der Waals surface area contributed by atoms with Crippen molar-refractivity contribution in [1.82, 2.24) is 4.90 Å². The monoisotopic (exact) mass is 346 g/mol. The number of rotatable bonds is 7. The smallest absolute Gasteiger partial charge is 0.310 e. The van der Waals surface area contributed by atoms with Gasteiger partial charge in [0.25, 0.3) is 0 Å². The molecule has 0 radical (unpaired) electrons. The van der Waals surface area contributed by atoms with Crippen molar-refractivity contribution in [3.63, 3.8) is 0 Å². The van der Waals surface area contributed by atoms with Gasteiger partial charge in [-0.05, 0) is 74.8 Å². The largest absolute Gasteiger partial charge is 0.497 e. The second-order valence-corrected chi connectivity index (χ2v) is 7.94. The number of carboxylic acid groups (broad SMARTS) is 1. The zero-order valence-corrected chi connectivity index (χ0v) is 15.2. The van der Waals surface area contributed by atoms with Gasteiger partial charge in [-0.25, -0.2) is 0 Å². The Kier molecular flexibility index (Phi) is 5.35. The molecule has 138 valence electrons. The Morgan fingerprint density at radius 3 is 2.28 bits per heavy atom. The molecule has 1 aliphatic carbocycles. The predicted molar refractivity (Wildman–Crippen MR) is 97.8 cm³/mol. The first-order chi connectivity index (χ1) is 12.0. The summed E-state index contributed by atoms with van der Waals surface area (Å²) in [4.78, 5) is 13.9. The van der Waals surface area contributed by atoms with E-state index in [2.05, 4.69) is 17.0 Å². The van der Waals surface area contributed by atoms with E-state index in [1.807, 2.05) is 12.1 Å². The van der Waals surface area contributed by atoms with Crippen LogP contribution in [0, 0.1) is 10.8 Å². The maximum atomic E-state index is 11.6. The van der Waals surface area contributed by atoms with Crippen LogP contribution in [0.5, 0.6) is 5.75 Å². The fourth-order valence-corrected chi connectivity index (χ4v) is 4.29. The van der Waals surface area contributed by atoms with Crippen LogP contribution in [0.2, 0.25) is 0 Å². The van der Waals surface area contributed by atoms with Gasteiger partial charge < -0.3 is 20.5 Å². The summed E-state index contributed by atoms with van der Waals surface area (Å²) in [6.45, 7) is 3.27. The maximum Gasteiger partial charge on any atom is 0.310 e. The topological polar surface area (TPSA) is 75.8 Å². The number of carbonyl (C=O) groups is 1. The first-order valence-corrected chi connectivity index (χ1v) is 9.30. The summed E-state index contributed by atoms with van der Waals surface area (Å²) < 4.78 is 5.23. The van der Waals surface area contributed by atoms with Gasteiger partial charge in [0.2, 0.25) is 0 Å². The number of hydrogen-bond donors (Lipinski definition) is 2. The van der Waals surface area contributed by atoms with E-state index < -0.39 is 11.4 Å². The third-order valence-electron chi connectivity index (χ3n) is 6.38. The molecule has 5 nitrogen and oxygen atoms in total. The number of ether oxygens (including phenoxy) is 1. The molecule has 1 aromatic carbocycles. The van der Waals surface area contributed by atoms with Crippen LogP contribution < -0.4 is 10.5 Å². The van der Waals surface area contributed by atoms with Gasteiger partial charge in [-0.2, -0.15) is 0 Å². The highest BCUT2D eigenvalue weighted by molar-refractivity contribution is 5.76. The minimum atomic E-state index is -0.618. The normalized spacial score (nSPS) is 22.2. The van der Waals surface area contributed by atoms with Gasteiger partial charge in [0.05, 0.1) is 12.5 Å². The van der Waals surface area contributed by atoms with Crippen molar-refractivity contribution in [2.24, 2.45) is 16.6 Å². The molecule has 0 unspecified atom stereocenters. The van der Waals surface area contributed by atoms with E-state index in [0.29, 0.717) is 13.1 Å². The molecule has 0 amide bonds. The van der Waals surface area contributed by atoms with Crippen molar-refractivity contribution in [3.05, 3.63) is 29.8 Å². The minimum absolute atomic E-state index is 0.126. The molecule has 0 spiro atoms. The lowest BCUT2D eigenvalue weighted by Crippen LogP contribution is -2.52. The molecular weight excluding hydrogens is 316 g/mol. The van der Waals surface area contributed by atoms with Crippen molar-refractivity contribution in [2.45, 2.75) is 38.5 Å². The molecule has 2 fully saturated rings. The number of nitrogens with two attached hydrogens (primary N) is 1. The summed E-state index contributed by atoms with van der Waals surface area (Å²) in [5.41, 5.74) is 7.09. The molecule has 5 heteroatoms. The van der Waals surface area contributed by atoms with Crippen molar-refractivity contribution < 1.29 is 14.6 Å². The lowest BCUT2D eigenvalue weighted by atomic mass is 9.67. The summed E-state index contributed by atoms with van der Waals surface area (Å²) in [5.74, 6) is 0.257. The van der Waals surface area contributed by atoms with Crippen LogP contribution in [0.15, 0.2) is 24.3 Å². The Balaban J connectivity index is 1.58. The van der Waals surface area contributed by atoms with Crippen molar-refractivity contribution in [2.75, 3.05) is 33.3 Å². The molecule has 1 saturated carbocycles. The summed E-state index contributed by atoms with van der Waals surface area (Å²) in [6, 6.07) is 8.25. The van der Waals surface area contributed by atoms with Crippen LogP contribution in [-0.2, 0) is 11.2 Å². The number of carboxylic acids is 1. The van der Waals surface area contributed by atoms with Gasteiger partial charge in [-0.15, -0.1) is 0 Å². The Hall–Kier alpha value is -1.59. The molecule has 25 heavy (non-hydrogen) atoms. The van der Waals surface area contributed by atoms with Crippen LogP contribution in [0.3, 0.4) is 0 Å². The van der Waals surface area contributed by atoms with Gasteiger partial charge >= 0.3 is 5.97 Å².